The van der Waals surface area contributed by atoms with E-state index in [2.05, 4.69) is 31.7 Å². The van der Waals surface area contributed by atoms with E-state index in [4.69, 9.17) is 0 Å². The van der Waals surface area contributed by atoms with Gasteiger partial charge in [0.25, 0.3) is 5.91 Å². The zero-order chi connectivity index (χ0) is 25.6. The minimum Gasteiger partial charge on any atom is -0.323 e. The van der Waals surface area contributed by atoms with E-state index < -0.39 is 0 Å². The molecule has 0 radical (unpaired) electrons. The molecule has 0 saturated heterocycles. The molecule has 0 bridgehead atoms. The lowest BCUT2D eigenvalue weighted by atomic mass is 9.95. The summed E-state index contributed by atoms with van der Waals surface area (Å²) in [6.07, 6.45) is 9.74. The lowest BCUT2D eigenvalue weighted by molar-refractivity contribution is -0.111. The number of benzene rings is 3. The highest BCUT2D eigenvalue weighted by Gasteiger charge is 2.12. The number of nitrogens with zero attached hydrogens (tertiary/aromatic N) is 3. The van der Waals surface area contributed by atoms with E-state index in [1.165, 1.54) is 12.4 Å². The van der Waals surface area contributed by atoms with Gasteiger partial charge in [-0.15, -0.1) is 0 Å². The zero-order valence-electron chi connectivity index (χ0n) is 20.1. The van der Waals surface area contributed by atoms with Gasteiger partial charge in [-0.3, -0.25) is 14.6 Å². The van der Waals surface area contributed by atoms with Crippen LogP contribution < -0.4 is 10.6 Å². The molecule has 0 spiro atoms. The van der Waals surface area contributed by atoms with Gasteiger partial charge in [0, 0.05) is 34.6 Å². The van der Waals surface area contributed by atoms with Crippen molar-refractivity contribution in [3.63, 3.8) is 0 Å². The minimum atomic E-state index is -0.205. The maximum Gasteiger partial charge on any atom is 0.255 e. The van der Waals surface area contributed by atoms with Gasteiger partial charge in [-0.1, -0.05) is 30.3 Å². The summed E-state index contributed by atoms with van der Waals surface area (Å²) in [5.74, 6) is -0.392. The van der Waals surface area contributed by atoms with Crippen LogP contribution in [0, 0.1) is 0 Å². The van der Waals surface area contributed by atoms with E-state index in [0.717, 1.165) is 33.2 Å². The fraction of sp³-hybridized carbons (Fsp3) is 0.0333. The van der Waals surface area contributed by atoms with E-state index in [1.54, 1.807) is 55.9 Å². The molecule has 0 aliphatic heterocycles. The molecule has 180 valence electrons. The molecule has 2 amide bonds. The third kappa shape index (κ3) is 5.41. The second kappa shape index (κ2) is 10.6. The van der Waals surface area contributed by atoms with E-state index >= 15 is 0 Å². The summed E-state index contributed by atoms with van der Waals surface area (Å²) >= 11 is 0. The van der Waals surface area contributed by atoms with Gasteiger partial charge in [0.2, 0.25) is 5.91 Å². The Hall–Kier alpha value is -5.17. The number of pyridine rings is 1. The number of fused-ring (bicyclic) bond motifs is 1. The summed E-state index contributed by atoms with van der Waals surface area (Å²) in [4.78, 5) is 37.4. The number of carbonyl (C=O) groups is 2. The first-order valence-electron chi connectivity index (χ1n) is 11.7. The summed E-state index contributed by atoms with van der Waals surface area (Å²) < 4.78 is 0. The Balaban J connectivity index is 1.49. The number of nitrogens with one attached hydrogen (secondary N) is 2. The van der Waals surface area contributed by atoms with Crippen molar-refractivity contribution in [1.29, 1.82) is 0 Å². The van der Waals surface area contributed by atoms with Gasteiger partial charge in [0.15, 0.2) is 0 Å². The quantitative estimate of drug-likeness (QED) is 0.282. The Kier molecular flexibility index (Phi) is 6.76. The maximum absolute atomic E-state index is 12.6. The molecule has 37 heavy (non-hydrogen) atoms. The summed E-state index contributed by atoms with van der Waals surface area (Å²) in [6, 6.07) is 22.7. The molecule has 0 unspecified atom stereocenters. The Morgan fingerprint density at radius 2 is 1.62 bits per heavy atom. The van der Waals surface area contributed by atoms with Crippen LogP contribution in [0.25, 0.3) is 33.2 Å². The highest BCUT2D eigenvalue weighted by atomic mass is 16.2. The van der Waals surface area contributed by atoms with Crippen molar-refractivity contribution in [2.24, 2.45) is 0 Å². The van der Waals surface area contributed by atoms with Crippen LogP contribution in [0.1, 0.15) is 17.3 Å². The number of hydrogen-bond donors (Lipinski definition) is 2. The number of aromatic nitrogens is 3. The SMILES string of the molecule is C/C=C/C(=O)Nc1cccc(-c2cc(-c3ccc(C(=O)Nc4cccnc4)cc3)cc3cncnc23)c1. The van der Waals surface area contributed by atoms with Crippen molar-refractivity contribution in [2.75, 3.05) is 10.6 Å². The van der Waals surface area contributed by atoms with Crippen LogP contribution >= 0.6 is 0 Å². The second-order valence-electron chi connectivity index (χ2n) is 8.33. The highest BCUT2D eigenvalue weighted by molar-refractivity contribution is 6.05. The van der Waals surface area contributed by atoms with Crippen LogP contribution in [0.2, 0.25) is 0 Å². The minimum absolute atomic E-state index is 0.187. The van der Waals surface area contributed by atoms with Gasteiger partial charge in [-0.2, -0.15) is 0 Å². The first kappa shape index (κ1) is 23.6. The standard InChI is InChI=1S/C30H23N5O2/c1-2-5-28(36)34-25-7-3-6-22(15-25)27-16-23(14-24-17-32-19-33-29(24)27)20-9-11-21(12-10-20)30(37)35-26-8-4-13-31-18-26/h2-19H,1H3,(H,34,36)(H,35,37)/b5-2+. The molecule has 2 N–H and O–H groups in total. The van der Waals surface area contributed by atoms with Gasteiger partial charge in [-0.25, -0.2) is 9.97 Å². The van der Waals surface area contributed by atoms with Crippen molar-refractivity contribution < 1.29 is 9.59 Å². The van der Waals surface area contributed by atoms with Gasteiger partial charge < -0.3 is 10.6 Å². The molecule has 7 heteroatoms. The summed E-state index contributed by atoms with van der Waals surface area (Å²) in [5, 5.41) is 6.61. The number of carbonyl (C=O) groups excluding carboxylic acids is 2. The zero-order valence-corrected chi connectivity index (χ0v) is 20.1. The first-order valence-corrected chi connectivity index (χ1v) is 11.7. The molecule has 2 heterocycles. The largest absolute Gasteiger partial charge is 0.323 e. The van der Waals surface area contributed by atoms with Gasteiger partial charge in [0.1, 0.15) is 6.33 Å². The summed E-state index contributed by atoms with van der Waals surface area (Å²) in [6.45, 7) is 1.80. The van der Waals surface area contributed by atoms with Crippen LogP contribution in [0.3, 0.4) is 0 Å². The number of amides is 2. The Bertz CT molecular complexity index is 1610. The topological polar surface area (TPSA) is 96.9 Å². The first-order chi connectivity index (χ1) is 18.1. The van der Waals surface area contributed by atoms with Crippen molar-refractivity contribution in [3.05, 3.63) is 115 Å². The molecular formula is C30H23N5O2. The molecule has 0 aliphatic rings. The molecule has 2 aromatic heterocycles. The van der Waals surface area contributed by atoms with Crippen LogP contribution in [0.15, 0.2) is 110 Å². The molecule has 0 fully saturated rings. The fourth-order valence-corrected chi connectivity index (χ4v) is 4.04. The molecule has 0 atom stereocenters. The predicted octanol–water partition coefficient (Wildman–Crippen LogP) is 6.13. The van der Waals surface area contributed by atoms with E-state index in [-0.39, 0.29) is 11.8 Å². The molecule has 0 aliphatic carbocycles. The van der Waals surface area contributed by atoms with Crippen molar-refractivity contribution >= 4 is 34.1 Å². The van der Waals surface area contributed by atoms with Gasteiger partial charge >= 0.3 is 0 Å². The molecule has 5 aromatic rings. The highest BCUT2D eigenvalue weighted by Crippen LogP contribution is 2.34. The van der Waals surface area contributed by atoms with E-state index in [1.807, 2.05) is 42.5 Å². The smallest absolute Gasteiger partial charge is 0.255 e. The molecule has 7 nitrogen and oxygen atoms in total. The van der Waals surface area contributed by atoms with Crippen molar-refractivity contribution in [1.82, 2.24) is 15.0 Å². The Labute approximate surface area is 214 Å². The van der Waals surface area contributed by atoms with Crippen LogP contribution in [0.4, 0.5) is 11.4 Å². The van der Waals surface area contributed by atoms with Crippen LogP contribution in [-0.4, -0.2) is 26.8 Å². The van der Waals surface area contributed by atoms with E-state index in [0.29, 0.717) is 16.9 Å². The van der Waals surface area contributed by atoms with Crippen LogP contribution in [0.5, 0.6) is 0 Å². The summed E-state index contributed by atoms with van der Waals surface area (Å²) in [5.41, 5.74) is 6.41. The molecule has 5 rings (SSSR count). The maximum atomic E-state index is 12.6. The Morgan fingerprint density at radius 3 is 2.41 bits per heavy atom. The average Bonchev–Trinajstić information content (AvgIpc) is 2.93. The Morgan fingerprint density at radius 1 is 0.784 bits per heavy atom. The third-order valence-corrected chi connectivity index (χ3v) is 5.77. The predicted molar refractivity (Wildman–Crippen MR) is 146 cm³/mol. The lowest BCUT2D eigenvalue weighted by Crippen LogP contribution is -2.11. The third-order valence-electron chi connectivity index (χ3n) is 5.77. The van der Waals surface area contributed by atoms with Crippen LogP contribution in [-0.2, 0) is 4.79 Å². The number of hydrogen-bond acceptors (Lipinski definition) is 5. The summed E-state index contributed by atoms with van der Waals surface area (Å²) in [7, 11) is 0. The second-order valence-corrected chi connectivity index (χ2v) is 8.33. The number of anilines is 2. The van der Waals surface area contributed by atoms with Gasteiger partial charge in [-0.05, 0) is 78.2 Å². The average molecular weight is 486 g/mol. The molecular weight excluding hydrogens is 462 g/mol. The van der Waals surface area contributed by atoms with Crippen molar-refractivity contribution in [2.45, 2.75) is 6.92 Å². The van der Waals surface area contributed by atoms with Gasteiger partial charge in [0.05, 0.1) is 17.4 Å². The number of rotatable bonds is 6. The lowest BCUT2D eigenvalue weighted by Gasteiger charge is -2.12. The fourth-order valence-electron chi connectivity index (χ4n) is 4.04. The normalized spacial score (nSPS) is 10.9. The number of allylic oxidation sites excluding steroid dienone is 1. The molecule has 3 aromatic carbocycles. The van der Waals surface area contributed by atoms with E-state index in [9.17, 15) is 9.59 Å². The molecule has 0 saturated carbocycles. The monoisotopic (exact) mass is 485 g/mol. The van der Waals surface area contributed by atoms with Crippen molar-refractivity contribution in [3.8, 4) is 22.3 Å².